The molecule has 0 fully saturated rings. The Morgan fingerprint density at radius 1 is 0.783 bits per heavy atom. The Kier molecular flexibility index (Phi) is 15.0. The zero-order valence-corrected chi connectivity index (χ0v) is 14.8. The number of hydrogen-bond donors (Lipinski definition) is 1. The van der Waals surface area contributed by atoms with E-state index in [1.165, 1.54) is 19.3 Å². The first-order valence-electron chi connectivity index (χ1n) is 9.12. The van der Waals surface area contributed by atoms with E-state index >= 15 is 0 Å². The first kappa shape index (κ1) is 21.9. The molecule has 5 heteroatoms. The molecule has 23 heavy (non-hydrogen) atoms. The minimum atomic E-state index is -1.42. The summed E-state index contributed by atoms with van der Waals surface area (Å²) in [5, 5.41) is 9.62. The summed E-state index contributed by atoms with van der Waals surface area (Å²) in [4.78, 5) is 23.0. The van der Waals surface area contributed by atoms with Crippen LogP contribution in [0.2, 0.25) is 0 Å². The molecule has 0 radical (unpaired) electrons. The second-order valence-electron chi connectivity index (χ2n) is 5.94. The van der Waals surface area contributed by atoms with Crippen LogP contribution in [0.4, 0.5) is 0 Å². The van der Waals surface area contributed by atoms with Gasteiger partial charge in [-0.3, -0.25) is 4.79 Å². The Labute approximate surface area is 140 Å². The molecule has 0 aromatic carbocycles. The van der Waals surface area contributed by atoms with Crippen molar-refractivity contribution in [1.82, 2.24) is 0 Å². The Bertz CT molecular complexity index is 304. The molecule has 0 saturated heterocycles. The van der Waals surface area contributed by atoms with Gasteiger partial charge >= 0.3 is 11.9 Å². The molecule has 0 saturated carbocycles. The first-order chi connectivity index (χ1) is 11.1. The summed E-state index contributed by atoms with van der Waals surface area (Å²) in [5.41, 5.74) is 0. The molecule has 0 aliphatic rings. The molecule has 0 aromatic rings. The van der Waals surface area contributed by atoms with Crippen LogP contribution in [0.1, 0.15) is 84.5 Å². The summed E-state index contributed by atoms with van der Waals surface area (Å²) in [5.74, 6) is -1.29. The topological polar surface area (TPSA) is 72.8 Å². The molecule has 5 nitrogen and oxygen atoms in total. The predicted octanol–water partition coefficient (Wildman–Crippen LogP) is 3.76. The van der Waals surface area contributed by atoms with Gasteiger partial charge in [-0.05, 0) is 12.8 Å². The lowest BCUT2D eigenvalue weighted by Crippen LogP contribution is -2.27. The van der Waals surface area contributed by atoms with Crippen molar-refractivity contribution >= 4 is 11.9 Å². The lowest BCUT2D eigenvalue weighted by Gasteiger charge is -2.10. The van der Waals surface area contributed by atoms with E-state index in [9.17, 15) is 14.7 Å². The maximum Gasteiger partial charge on any atom is 0.335 e. The second kappa shape index (κ2) is 15.8. The maximum absolute atomic E-state index is 11.5. The number of carbonyl (C=O) groups excluding carboxylic acids is 2. The summed E-state index contributed by atoms with van der Waals surface area (Å²) in [6.07, 6.45) is 8.94. The van der Waals surface area contributed by atoms with Gasteiger partial charge in [0.1, 0.15) is 0 Å². The monoisotopic (exact) mass is 330 g/mol. The van der Waals surface area contributed by atoms with Gasteiger partial charge < -0.3 is 14.6 Å². The van der Waals surface area contributed by atoms with E-state index in [1.54, 1.807) is 0 Å². The number of rotatable bonds is 15. The van der Waals surface area contributed by atoms with Crippen molar-refractivity contribution in [3.63, 3.8) is 0 Å². The minimum Gasteiger partial charge on any atom is -0.466 e. The number of aliphatic hydroxyl groups is 1. The lowest BCUT2D eigenvalue weighted by atomic mass is 10.1. The van der Waals surface area contributed by atoms with Crippen LogP contribution in [0.5, 0.6) is 0 Å². The SMILES string of the molecule is CCCCCCCCOC(=O)CC(O)C(=O)OCCCCCC. The van der Waals surface area contributed by atoms with Crippen LogP contribution in [0.25, 0.3) is 0 Å². The molecule has 1 unspecified atom stereocenters. The molecule has 0 spiro atoms. The molecular formula is C18H34O5. The lowest BCUT2D eigenvalue weighted by molar-refractivity contribution is -0.160. The van der Waals surface area contributed by atoms with E-state index in [4.69, 9.17) is 9.47 Å². The van der Waals surface area contributed by atoms with Gasteiger partial charge in [-0.15, -0.1) is 0 Å². The van der Waals surface area contributed by atoms with Crippen molar-refractivity contribution in [1.29, 1.82) is 0 Å². The Balaban J connectivity index is 3.57. The Morgan fingerprint density at radius 3 is 1.87 bits per heavy atom. The minimum absolute atomic E-state index is 0.294. The highest BCUT2D eigenvalue weighted by Crippen LogP contribution is 2.06. The fraction of sp³-hybridized carbons (Fsp3) is 0.889. The largest absolute Gasteiger partial charge is 0.466 e. The van der Waals surface area contributed by atoms with Gasteiger partial charge in [-0.25, -0.2) is 4.79 Å². The summed E-state index contributed by atoms with van der Waals surface area (Å²) in [7, 11) is 0. The number of esters is 2. The van der Waals surface area contributed by atoms with Crippen molar-refractivity contribution in [3.8, 4) is 0 Å². The standard InChI is InChI=1S/C18H34O5/c1-3-5-7-9-10-12-13-22-17(20)15-16(19)18(21)23-14-11-8-6-4-2/h16,19H,3-15H2,1-2H3. The van der Waals surface area contributed by atoms with Gasteiger partial charge in [0.05, 0.1) is 19.6 Å². The maximum atomic E-state index is 11.5. The van der Waals surface area contributed by atoms with Gasteiger partial charge in [0.15, 0.2) is 6.10 Å². The number of hydrogen-bond acceptors (Lipinski definition) is 5. The van der Waals surface area contributed by atoms with Crippen molar-refractivity contribution < 1.29 is 24.2 Å². The summed E-state index contributed by atoms with van der Waals surface area (Å²) in [6.45, 7) is 4.92. The van der Waals surface area contributed by atoms with E-state index in [-0.39, 0.29) is 6.42 Å². The van der Waals surface area contributed by atoms with Crippen LogP contribution in [-0.2, 0) is 19.1 Å². The fourth-order valence-corrected chi connectivity index (χ4v) is 2.17. The predicted molar refractivity (Wildman–Crippen MR) is 90.1 cm³/mol. The molecular weight excluding hydrogens is 296 g/mol. The van der Waals surface area contributed by atoms with Crippen LogP contribution in [0, 0.1) is 0 Å². The van der Waals surface area contributed by atoms with E-state index in [0.29, 0.717) is 13.2 Å². The third-order valence-corrected chi connectivity index (χ3v) is 3.64. The highest BCUT2D eigenvalue weighted by atomic mass is 16.6. The Morgan fingerprint density at radius 2 is 1.26 bits per heavy atom. The summed E-state index contributed by atoms with van der Waals surface area (Å²) < 4.78 is 9.96. The van der Waals surface area contributed by atoms with Gasteiger partial charge in [0, 0.05) is 0 Å². The summed E-state index contributed by atoms with van der Waals surface area (Å²) >= 11 is 0. The van der Waals surface area contributed by atoms with Crippen molar-refractivity contribution in [3.05, 3.63) is 0 Å². The van der Waals surface area contributed by atoms with Gasteiger partial charge in [-0.1, -0.05) is 65.2 Å². The molecule has 0 aliphatic carbocycles. The van der Waals surface area contributed by atoms with Crippen molar-refractivity contribution in [2.45, 2.75) is 90.6 Å². The molecule has 0 amide bonds. The van der Waals surface area contributed by atoms with Crippen LogP contribution in [-0.4, -0.2) is 36.4 Å². The highest BCUT2D eigenvalue weighted by molar-refractivity contribution is 5.81. The number of carbonyl (C=O) groups is 2. The third kappa shape index (κ3) is 14.2. The zero-order valence-electron chi connectivity index (χ0n) is 14.8. The fourth-order valence-electron chi connectivity index (χ4n) is 2.17. The number of ether oxygens (including phenoxy) is 2. The molecule has 0 aliphatic heterocycles. The smallest absolute Gasteiger partial charge is 0.335 e. The van der Waals surface area contributed by atoms with Crippen molar-refractivity contribution in [2.24, 2.45) is 0 Å². The molecule has 0 rings (SSSR count). The normalized spacial score (nSPS) is 12.0. The van der Waals surface area contributed by atoms with E-state index in [0.717, 1.165) is 44.9 Å². The van der Waals surface area contributed by atoms with Crippen molar-refractivity contribution in [2.75, 3.05) is 13.2 Å². The summed E-state index contributed by atoms with van der Waals surface area (Å²) in [6, 6.07) is 0. The van der Waals surface area contributed by atoms with Gasteiger partial charge in [0.25, 0.3) is 0 Å². The van der Waals surface area contributed by atoms with Crippen LogP contribution in [0.15, 0.2) is 0 Å². The second-order valence-corrected chi connectivity index (χ2v) is 5.94. The molecule has 1 N–H and O–H groups in total. The Hall–Kier alpha value is -1.10. The molecule has 1 atom stereocenters. The zero-order chi connectivity index (χ0) is 17.3. The number of unbranched alkanes of at least 4 members (excludes halogenated alkanes) is 8. The molecule has 136 valence electrons. The van der Waals surface area contributed by atoms with Gasteiger partial charge in [0.2, 0.25) is 0 Å². The van der Waals surface area contributed by atoms with Crippen LogP contribution < -0.4 is 0 Å². The average molecular weight is 330 g/mol. The van der Waals surface area contributed by atoms with E-state index in [2.05, 4.69) is 13.8 Å². The average Bonchev–Trinajstić information content (AvgIpc) is 2.53. The molecule has 0 bridgehead atoms. The highest BCUT2D eigenvalue weighted by Gasteiger charge is 2.21. The first-order valence-corrected chi connectivity index (χ1v) is 9.12. The molecule has 0 aromatic heterocycles. The number of aliphatic hydroxyl groups excluding tert-OH is 1. The quantitative estimate of drug-likeness (QED) is 0.365. The van der Waals surface area contributed by atoms with Crippen LogP contribution in [0.3, 0.4) is 0 Å². The van der Waals surface area contributed by atoms with Crippen LogP contribution >= 0.6 is 0 Å². The van der Waals surface area contributed by atoms with E-state index in [1.807, 2.05) is 0 Å². The van der Waals surface area contributed by atoms with E-state index < -0.39 is 18.0 Å². The van der Waals surface area contributed by atoms with Gasteiger partial charge in [-0.2, -0.15) is 0 Å². The molecule has 0 heterocycles. The third-order valence-electron chi connectivity index (χ3n) is 3.64.